The van der Waals surface area contributed by atoms with E-state index in [9.17, 15) is 5.11 Å². The van der Waals surface area contributed by atoms with Crippen LogP contribution in [-0.4, -0.2) is 17.4 Å². The minimum atomic E-state index is -0.614. The number of aliphatic hydroxyl groups is 1. The number of methoxy groups -OCH3 is 1. The summed E-state index contributed by atoms with van der Waals surface area (Å²) in [5.41, 5.74) is 1.51. The molecule has 0 fully saturated rings. The fraction of sp³-hybridized carbons (Fsp3) is 0.357. The van der Waals surface area contributed by atoms with E-state index in [0.29, 0.717) is 22.8 Å². The van der Waals surface area contributed by atoms with Crippen LogP contribution in [0.5, 0.6) is 11.5 Å². The van der Waals surface area contributed by atoms with Gasteiger partial charge >= 0.3 is 0 Å². The maximum absolute atomic E-state index is 9.71. The van der Waals surface area contributed by atoms with E-state index in [0.717, 1.165) is 5.69 Å². The molecule has 0 amide bonds. The van der Waals surface area contributed by atoms with Crippen LogP contribution in [0.4, 0.5) is 0 Å². The predicted octanol–water partition coefficient (Wildman–Crippen LogP) is 2.62. The standard InChI is InChI=1S/C14H17NO4/c1-9-6-12(19-15-9)8-18-14-7-11(17-3)4-5-13(14)10(2)16/h4-7,10,16H,8H2,1-3H3/t10-/m0/s1. The molecule has 5 nitrogen and oxygen atoms in total. The number of aliphatic hydroxyl groups excluding tert-OH is 1. The van der Waals surface area contributed by atoms with Crippen molar-refractivity contribution in [3.05, 3.63) is 41.3 Å². The van der Waals surface area contributed by atoms with Gasteiger partial charge in [-0.1, -0.05) is 5.16 Å². The van der Waals surface area contributed by atoms with Gasteiger partial charge in [0.2, 0.25) is 0 Å². The average Bonchev–Trinajstić information content (AvgIpc) is 2.81. The SMILES string of the molecule is COc1ccc([C@H](C)O)c(OCc2cc(C)no2)c1. The Morgan fingerprint density at radius 3 is 2.74 bits per heavy atom. The Morgan fingerprint density at radius 1 is 1.37 bits per heavy atom. The Labute approximate surface area is 111 Å². The van der Waals surface area contributed by atoms with Crippen molar-refractivity contribution < 1.29 is 19.1 Å². The zero-order valence-corrected chi connectivity index (χ0v) is 11.2. The zero-order valence-electron chi connectivity index (χ0n) is 11.2. The Bertz CT molecular complexity index is 548. The van der Waals surface area contributed by atoms with Gasteiger partial charge in [-0.15, -0.1) is 0 Å². The Balaban J connectivity index is 2.17. The number of hydrogen-bond acceptors (Lipinski definition) is 5. The first kappa shape index (κ1) is 13.4. The third kappa shape index (κ3) is 3.26. The normalized spacial score (nSPS) is 12.2. The summed E-state index contributed by atoms with van der Waals surface area (Å²) in [6, 6.07) is 7.12. The number of ether oxygens (including phenoxy) is 2. The highest BCUT2D eigenvalue weighted by molar-refractivity contribution is 5.41. The second kappa shape index (κ2) is 5.75. The topological polar surface area (TPSA) is 64.7 Å². The van der Waals surface area contributed by atoms with Gasteiger partial charge in [-0.2, -0.15) is 0 Å². The van der Waals surface area contributed by atoms with E-state index in [1.807, 2.05) is 13.0 Å². The van der Waals surface area contributed by atoms with Gasteiger partial charge < -0.3 is 19.1 Å². The molecule has 1 N–H and O–H groups in total. The van der Waals surface area contributed by atoms with Crippen LogP contribution in [-0.2, 0) is 6.61 Å². The van der Waals surface area contributed by atoms with Gasteiger partial charge in [0.1, 0.15) is 18.1 Å². The van der Waals surface area contributed by atoms with Crippen LogP contribution in [0.25, 0.3) is 0 Å². The van der Waals surface area contributed by atoms with Gasteiger partial charge in [-0.3, -0.25) is 0 Å². The molecular formula is C14H17NO4. The maximum Gasteiger partial charge on any atom is 0.174 e. The lowest BCUT2D eigenvalue weighted by molar-refractivity contribution is 0.186. The lowest BCUT2D eigenvalue weighted by atomic mass is 10.1. The van der Waals surface area contributed by atoms with E-state index < -0.39 is 6.10 Å². The number of benzene rings is 1. The molecule has 0 saturated carbocycles. The molecule has 0 aliphatic rings. The Kier molecular flexibility index (Phi) is 4.06. The lowest BCUT2D eigenvalue weighted by Gasteiger charge is -2.13. The van der Waals surface area contributed by atoms with Crippen LogP contribution in [0.2, 0.25) is 0 Å². The number of rotatable bonds is 5. The first-order valence-electron chi connectivity index (χ1n) is 6.01. The molecule has 0 radical (unpaired) electrons. The van der Waals surface area contributed by atoms with Crippen LogP contribution in [0.3, 0.4) is 0 Å². The summed E-state index contributed by atoms with van der Waals surface area (Å²) in [7, 11) is 1.58. The van der Waals surface area contributed by atoms with E-state index in [4.69, 9.17) is 14.0 Å². The molecule has 2 aromatic rings. The van der Waals surface area contributed by atoms with Crippen LogP contribution in [0, 0.1) is 6.92 Å². The number of aryl methyl sites for hydroxylation is 1. The lowest BCUT2D eigenvalue weighted by Crippen LogP contribution is -2.01. The van der Waals surface area contributed by atoms with Crippen molar-refractivity contribution in [2.24, 2.45) is 0 Å². The smallest absolute Gasteiger partial charge is 0.174 e. The largest absolute Gasteiger partial charge is 0.497 e. The molecule has 0 aliphatic heterocycles. The first-order valence-corrected chi connectivity index (χ1v) is 6.01. The van der Waals surface area contributed by atoms with Crippen molar-refractivity contribution in [3.63, 3.8) is 0 Å². The molecule has 1 aromatic heterocycles. The van der Waals surface area contributed by atoms with Crippen LogP contribution < -0.4 is 9.47 Å². The molecule has 102 valence electrons. The molecule has 0 aliphatic carbocycles. The summed E-state index contributed by atoms with van der Waals surface area (Å²) in [6.45, 7) is 3.79. The molecular weight excluding hydrogens is 246 g/mol. The van der Waals surface area contributed by atoms with Gasteiger partial charge in [-0.25, -0.2) is 0 Å². The molecule has 0 unspecified atom stereocenters. The second-order valence-corrected chi connectivity index (χ2v) is 4.30. The molecule has 2 rings (SSSR count). The molecule has 0 saturated heterocycles. The van der Waals surface area contributed by atoms with Gasteiger partial charge in [0.05, 0.1) is 18.9 Å². The zero-order chi connectivity index (χ0) is 13.8. The van der Waals surface area contributed by atoms with Gasteiger partial charge in [-0.05, 0) is 26.0 Å². The van der Waals surface area contributed by atoms with E-state index in [1.54, 1.807) is 32.2 Å². The molecule has 5 heteroatoms. The van der Waals surface area contributed by atoms with Crippen LogP contribution in [0.15, 0.2) is 28.8 Å². The molecule has 0 bridgehead atoms. The molecule has 1 heterocycles. The summed E-state index contributed by atoms with van der Waals surface area (Å²) in [5.74, 6) is 1.88. The highest BCUT2D eigenvalue weighted by atomic mass is 16.5. The van der Waals surface area contributed by atoms with Gasteiger partial charge in [0.15, 0.2) is 5.76 Å². The van der Waals surface area contributed by atoms with Gasteiger partial charge in [0, 0.05) is 17.7 Å². The average molecular weight is 263 g/mol. The minimum Gasteiger partial charge on any atom is -0.497 e. The van der Waals surface area contributed by atoms with Crippen molar-refractivity contribution in [2.75, 3.05) is 7.11 Å². The molecule has 1 aromatic carbocycles. The van der Waals surface area contributed by atoms with Crippen molar-refractivity contribution in [2.45, 2.75) is 26.6 Å². The Morgan fingerprint density at radius 2 is 2.16 bits per heavy atom. The fourth-order valence-electron chi connectivity index (χ4n) is 1.75. The van der Waals surface area contributed by atoms with Crippen molar-refractivity contribution in [1.82, 2.24) is 5.16 Å². The maximum atomic E-state index is 9.71. The number of hydrogen-bond donors (Lipinski definition) is 1. The minimum absolute atomic E-state index is 0.258. The van der Waals surface area contributed by atoms with Crippen LogP contribution in [0.1, 0.15) is 30.0 Å². The van der Waals surface area contributed by atoms with Crippen LogP contribution >= 0.6 is 0 Å². The third-order valence-electron chi connectivity index (χ3n) is 2.72. The summed E-state index contributed by atoms with van der Waals surface area (Å²) in [4.78, 5) is 0. The first-order chi connectivity index (χ1) is 9.10. The van der Waals surface area contributed by atoms with E-state index >= 15 is 0 Å². The van der Waals surface area contributed by atoms with Gasteiger partial charge in [0.25, 0.3) is 0 Å². The van der Waals surface area contributed by atoms with E-state index in [2.05, 4.69) is 5.16 Å². The molecule has 19 heavy (non-hydrogen) atoms. The fourth-order valence-corrected chi connectivity index (χ4v) is 1.75. The predicted molar refractivity (Wildman–Crippen MR) is 69.2 cm³/mol. The van der Waals surface area contributed by atoms with Crippen molar-refractivity contribution in [3.8, 4) is 11.5 Å². The highest BCUT2D eigenvalue weighted by Crippen LogP contribution is 2.30. The summed E-state index contributed by atoms with van der Waals surface area (Å²) < 4.78 is 15.9. The summed E-state index contributed by atoms with van der Waals surface area (Å²) >= 11 is 0. The highest BCUT2D eigenvalue weighted by Gasteiger charge is 2.12. The summed E-state index contributed by atoms with van der Waals surface area (Å²) in [6.07, 6.45) is -0.614. The molecule has 0 spiro atoms. The number of nitrogens with zero attached hydrogens (tertiary/aromatic N) is 1. The molecule has 1 atom stereocenters. The van der Waals surface area contributed by atoms with Crippen molar-refractivity contribution >= 4 is 0 Å². The quantitative estimate of drug-likeness (QED) is 0.898. The second-order valence-electron chi connectivity index (χ2n) is 4.30. The van der Waals surface area contributed by atoms with E-state index in [1.165, 1.54) is 0 Å². The third-order valence-corrected chi connectivity index (χ3v) is 2.72. The van der Waals surface area contributed by atoms with E-state index in [-0.39, 0.29) is 6.61 Å². The monoisotopic (exact) mass is 263 g/mol. The summed E-state index contributed by atoms with van der Waals surface area (Å²) in [5, 5.41) is 13.5. The Hall–Kier alpha value is -2.01. The number of aromatic nitrogens is 1. The van der Waals surface area contributed by atoms with Crippen molar-refractivity contribution in [1.29, 1.82) is 0 Å².